The molecule has 0 N–H and O–H groups in total. The van der Waals surface area contributed by atoms with Crippen molar-refractivity contribution in [2.45, 2.75) is 23.5 Å². The number of carbonyl (C=O) groups is 1. The lowest BCUT2D eigenvalue weighted by molar-refractivity contribution is -0.140. The van der Waals surface area contributed by atoms with E-state index in [2.05, 4.69) is 0 Å². The van der Waals surface area contributed by atoms with Gasteiger partial charge >= 0.3 is 6.18 Å². The van der Waals surface area contributed by atoms with E-state index in [9.17, 15) is 26.4 Å². The Labute approximate surface area is 168 Å². The SMILES string of the molecule is COCCN1CCC(N2CCN(S(=O)(=O)c3ccccc3C(F)(F)F)CC2)C1=O. The van der Waals surface area contributed by atoms with Crippen LogP contribution >= 0.6 is 0 Å². The van der Waals surface area contributed by atoms with Crippen molar-refractivity contribution < 1.29 is 31.1 Å². The van der Waals surface area contributed by atoms with E-state index < -0.39 is 26.7 Å². The first-order valence-electron chi connectivity index (χ1n) is 9.34. The van der Waals surface area contributed by atoms with E-state index in [0.29, 0.717) is 39.2 Å². The lowest BCUT2D eigenvalue weighted by Crippen LogP contribution is -2.53. The maximum Gasteiger partial charge on any atom is 0.417 e. The highest BCUT2D eigenvalue weighted by molar-refractivity contribution is 7.89. The van der Waals surface area contributed by atoms with Gasteiger partial charge in [0.2, 0.25) is 15.9 Å². The van der Waals surface area contributed by atoms with E-state index in [0.717, 1.165) is 16.4 Å². The van der Waals surface area contributed by atoms with Gasteiger partial charge in [0, 0.05) is 46.4 Å². The molecule has 1 aromatic rings. The minimum Gasteiger partial charge on any atom is -0.383 e. The molecule has 2 heterocycles. The van der Waals surface area contributed by atoms with Crippen LogP contribution in [-0.2, 0) is 25.7 Å². The first kappa shape index (κ1) is 22.0. The van der Waals surface area contributed by atoms with Gasteiger partial charge in [-0.15, -0.1) is 0 Å². The summed E-state index contributed by atoms with van der Waals surface area (Å²) in [5, 5.41) is 0. The molecule has 2 saturated heterocycles. The highest BCUT2D eigenvalue weighted by atomic mass is 32.2. The van der Waals surface area contributed by atoms with Crippen molar-refractivity contribution in [1.82, 2.24) is 14.1 Å². The first-order chi connectivity index (χ1) is 13.7. The Morgan fingerprint density at radius 1 is 1.10 bits per heavy atom. The molecule has 1 atom stereocenters. The van der Waals surface area contributed by atoms with Crippen LogP contribution in [0.25, 0.3) is 0 Å². The Hall–Kier alpha value is -1.69. The number of likely N-dealkylation sites (tertiary alicyclic amines) is 1. The zero-order valence-corrected chi connectivity index (χ0v) is 16.9. The maximum atomic E-state index is 13.2. The number of piperazine rings is 1. The van der Waals surface area contributed by atoms with Gasteiger partial charge in [-0.1, -0.05) is 12.1 Å². The average Bonchev–Trinajstić information content (AvgIpc) is 3.06. The molecule has 162 valence electrons. The van der Waals surface area contributed by atoms with Gasteiger partial charge in [0.25, 0.3) is 0 Å². The van der Waals surface area contributed by atoms with Crippen LogP contribution in [0.2, 0.25) is 0 Å². The summed E-state index contributed by atoms with van der Waals surface area (Å²) >= 11 is 0. The largest absolute Gasteiger partial charge is 0.417 e. The number of ether oxygens (including phenoxy) is 1. The molecule has 1 aromatic carbocycles. The molecule has 0 aliphatic carbocycles. The number of carbonyl (C=O) groups excluding carboxylic acids is 1. The summed E-state index contributed by atoms with van der Waals surface area (Å²) in [4.78, 5) is 15.4. The molecule has 2 aliphatic rings. The fourth-order valence-electron chi connectivity index (χ4n) is 3.81. The van der Waals surface area contributed by atoms with Crippen molar-refractivity contribution in [3.63, 3.8) is 0 Å². The average molecular weight is 435 g/mol. The van der Waals surface area contributed by atoms with Crippen LogP contribution in [0.15, 0.2) is 29.2 Å². The number of methoxy groups -OCH3 is 1. The van der Waals surface area contributed by atoms with Crippen LogP contribution in [0.1, 0.15) is 12.0 Å². The highest BCUT2D eigenvalue weighted by Crippen LogP contribution is 2.35. The first-order valence-corrected chi connectivity index (χ1v) is 10.8. The summed E-state index contributed by atoms with van der Waals surface area (Å²) in [5.74, 6) is -0.0132. The summed E-state index contributed by atoms with van der Waals surface area (Å²) in [7, 11) is -2.72. The minimum absolute atomic E-state index is 0.0132. The Morgan fingerprint density at radius 3 is 2.38 bits per heavy atom. The van der Waals surface area contributed by atoms with Crippen molar-refractivity contribution in [2.75, 3.05) is 53.0 Å². The molecule has 29 heavy (non-hydrogen) atoms. The van der Waals surface area contributed by atoms with Crippen molar-refractivity contribution in [3.8, 4) is 0 Å². The zero-order chi connectivity index (χ0) is 21.2. The second kappa shape index (κ2) is 8.58. The lowest BCUT2D eigenvalue weighted by Gasteiger charge is -2.36. The Kier molecular flexibility index (Phi) is 6.51. The van der Waals surface area contributed by atoms with Crippen LogP contribution in [0.3, 0.4) is 0 Å². The molecule has 0 aromatic heterocycles. The van der Waals surface area contributed by atoms with Crippen LogP contribution < -0.4 is 0 Å². The second-order valence-corrected chi connectivity index (χ2v) is 8.96. The predicted molar refractivity (Wildman–Crippen MR) is 98.6 cm³/mol. The number of nitrogens with zero attached hydrogens (tertiary/aromatic N) is 3. The molecule has 7 nitrogen and oxygen atoms in total. The van der Waals surface area contributed by atoms with Gasteiger partial charge < -0.3 is 9.64 Å². The van der Waals surface area contributed by atoms with Gasteiger partial charge in [-0.2, -0.15) is 17.5 Å². The number of rotatable bonds is 6. The van der Waals surface area contributed by atoms with Gasteiger partial charge in [-0.25, -0.2) is 8.42 Å². The van der Waals surface area contributed by atoms with Crippen LogP contribution in [0, 0.1) is 0 Å². The van der Waals surface area contributed by atoms with Crippen LogP contribution in [0.5, 0.6) is 0 Å². The molecule has 11 heteroatoms. The van der Waals surface area contributed by atoms with Gasteiger partial charge in [-0.05, 0) is 18.6 Å². The van der Waals surface area contributed by atoms with Gasteiger partial charge in [0.05, 0.1) is 23.1 Å². The number of sulfonamides is 1. The number of amides is 1. The maximum absolute atomic E-state index is 13.2. The fraction of sp³-hybridized carbons (Fsp3) is 0.611. The molecular formula is C18H24F3N3O4S. The van der Waals surface area contributed by atoms with Crippen molar-refractivity contribution in [3.05, 3.63) is 29.8 Å². The van der Waals surface area contributed by atoms with Gasteiger partial charge in [-0.3, -0.25) is 9.69 Å². The summed E-state index contributed by atoms with van der Waals surface area (Å²) in [6.07, 6.45) is -4.11. The molecule has 1 amide bonds. The molecule has 0 bridgehead atoms. The molecule has 1 unspecified atom stereocenters. The second-order valence-electron chi connectivity index (χ2n) is 7.06. The van der Waals surface area contributed by atoms with Crippen molar-refractivity contribution in [2.24, 2.45) is 0 Å². The predicted octanol–water partition coefficient (Wildman–Crippen LogP) is 1.26. The van der Waals surface area contributed by atoms with Crippen molar-refractivity contribution >= 4 is 15.9 Å². The quantitative estimate of drug-likeness (QED) is 0.673. The van der Waals surface area contributed by atoms with Gasteiger partial charge in [0.1, 0.15) is 0 Å². The molecule has 0 spiro atoms. The third-order valence-electron chi connectivity index (χ3n) is 5.36. The normalized spacial score (nSPS) is 22.4. The van der Waals surface area contributed by atoms with E-state index in [4.69, 9.17) is 4.74 Å². The number of halogens is 3. The van der Waals surface area contributed by atoms with E-state index >= 15 is 0 Å². The standard InChI is InChI=1S/C18H24F3N3O4S/c1-28-13-12-23-7-6-15(17(23)25)22-8-10-24(11-9-22)29(26,27)16-5-3-2-4-14(16)18(19,20)21/h2-5,15H,6-13H2,1H3. The highest BCUT2D eigenvalue weighted by Gasteiger charge is 2.41. The van der Waals surface area contributed by atoms with E-state index in [1.54, 1.807) is 12.0 Å². The number of benzene rings is 1. The fourth-order valence-corrected chi connectivity index (χ4v) is 5.44. The molecule has 2 aliphatic heterocycles. The summed E-state index contributed by atoms with van der Waals surface area (Å²) in [6, 6.07) is 3.89. The summed E-state index contributed by atoms with van der Waals surface area (Å²) in [6.45, 7) is 2.23. The number of hydrogen-bond acceptors (Lipinski definition) is 5. The van der Waals surface area contributed by atoms with Crippen LogP contribution in [-0.4, -0.2) is 87.5 Å². The third kappa shape index (κ3) is 4.57. The molecule has 0 saturated carbocycles. The lowest BCUT2D eigenvalue weighted by atomic mass is 10.2. The molecular weight excluding hydrogens is 411 g/mol. The third-order valence-corrected chi connectivity index (χ3v) is 7.32. The minimum atomic E-state index is -4.76. The summed E-state index contributed by atoms with van der Waals surface area (Å²) < 4.78 is 71.5. The Morgan fingerprint density at radius 2 is 1.76 bits per heavy atom. The van der Waals surface area contributed by atoms with E-state index in [1.807, 2.05) is 4.90 Å². The smallest absolute Gasteiger partial charge is 0.383 e. The van der Waals surface area contributed by atoms with E-state index in [-0.39, 0.29) is 25.0 Å². The van der Waals surface area contributed by atoms with Crippen LogP contribution in [0.4, 0.5) is 13.2 Å². The number of hydrogen-bond donors (Lipinski definition) is 0. The number of alkyl halides is 3. The van der Waals surface area contributed by atoms with Crippen molar-refractivity contribution in [1.29, 1.82) is 0 Å². The van der Waals surface area contributed by atoms with E-state index in [1.165, 1.54) is 12.1 Å². The topological polar surface area (TPSA) is 70.2 Å². The Balaban J connectivity index is 1.68. The monoisotopic (exact) mass is 435 g/mol. The van der Waals surface area contributed by atoms with Gasteiger partial charge in [0.15, 0.2) is 0 Å². The zero-order valence-electron chi connectivity index (χ0n) is 16.1. The Bertz CT molecular complexity index is 839. The summed E-state index contributed by atoms with van der Waals surface area (Å²) in [5.41, 5.74) is -1.16. The molecule has 0 radical (unpaired) electrons. The molecule has 2 fully saturated rings. The molecule has 3 rings (SSSR count).